The smallest absolute Gasteiger partial charge is 0.157 e. The molecule has 0 aliphatic carbocycles. The first kappa shape index (κ1) is 10.9. The van der Waals surface area contributed by atoms with Gasteiger partial charge in [0.2, 0.25) is 0 Å². The van der Waals surface area contributed by atoms with Crippen molar-refractivity contribution in [2.75, 3.05) is 5.75 Å². The highest BCUT2D eigenvalue weighted by atomic mass is 32.2. The van der Waals surface area contributed by atoms with Gasteiger partial charge < -0.3 is 5.32 Å². The Labute approximate surface area is 85.6 Å². The predicted octanol–water partition coefficient (Wildman–Crippen LogP) is 2.50. The first-order valence-corrected chi connectivity index (χ1v) is 5.85. The Bertz CT molecular complexity index is 205. The van der Waals surface area contributed by atoms with E-state index in [0.29, 0.717) is 17.5 Å². The highest BCUT2D eigenvalue weighted by Crippen LogP contribution is 2.22. The molecule has 1 heterocycles. The van der Waals surface area contributed by atoms with Crippen LogP contribution in [0.15, 0.2) is 4.99 Å². The van der Waals surface area contributed by atoms with Gasteiger partial charge >= 0.3 is 0 Å². The van der Waals surface area contributed by atoms with Crippen LogP contribution in [0.1, 0.15) is 34.6 Å². The number of aliphatic imine (C=N–C) groups is 1. The molecule has 0 saturated carbocycles. The molecule has 1 N–H and O–H groups in total. The SMILES string of the molecule is CC1CSC(NC(C)C(C)(C)C)=N1. The zero-order valence-corrected chi connectivity index (χ0v) is 10.0. The Hall–Kier alpha value is -0.180. The van der Waals surface area contributed by atoms with Crippen molar-refractivity contribution in [2.24, 2.45) is 10.4 Å². The molecule has 13 heavy (non-hydrogen) atoms. The number of rotatable bonds is 1. The largest absolute Gasteiger partial charge is 0.362 e. The second-order valence-corrected chi connectivity index (χ2v) is 5.84. The van der Waals surface area contributed by atoms with E-state index in [2.05, 4.69) is 44.9 Å². The van der Waals surface area contributed by atoms with Crippen LogP contribution < -0.4 is 5.32 Å². The van der Waals surface area contributed by atoms with Crippen molar-refractivity contribution in [3.63, 3.8) is 0 Å². The van der Waals surface area contributed by atoms with Crippen LogP contribution in [0.4, 0.5) is 0 Å². The molecule has 0 saturated heterocycles. The molecule has 1 aliphatic heterocycles. The minimum Gasteiger partial charge on any atom is -0.362 e. The molecule has 76 valence electrons. The molecule has 2 unspecified atom stereocenters. The van der Waals surface area contributed by atoms with Crippen molar-refractivity contribution in [3.8, 4) is 0 Å². The Balaban J connectivity index is 2.46. The maximum Gasteiger partial charge on any atom is 0.157 e. The fourth-order valence-electron chi connectivity index (χ4n) is 0.955. The van der Waals surface area contributed by atoms with Gasteiger partial charge in [-0.1, -0.05) is 32.5 Å². The molecule has 0 spiro atoms. The van der Waals surface area contributed by atoms with Gasteiger partial charge in [0, 0.05) is 11.8 Å². The molecule has 1 aliphatic rings. The lowest BCUT2D eigenvalue weighted by atomic mass is 9.88. The van der Waals surface area contributed by atoms with Gasteiger partial charge in [0.25, 0.3) is 0 Å². The molecule has 0 aromatic heterocycles. The molecule has 0 amide bonds. The van der Waals surface area contributed by atoms with Crippen molar-refractivity contribution < 1.29 is 0 Å². The average molecular weight is 200 g/mol. The van der Waals surface area contributed by atoms with Gasteiger partial charge in [0.05, 0.1) is 6.04 Å². The molecule has 0 fully saturated rings. The maximum atomic E-state index is 4.51. The van der Waals surface area contributed by atoms with E-state index in [0.717, 1.165) is 10.9 Å². The Kier molecular flexibility index (Phi) is 3.28. The summed E-state index contributed by atoms with van der Waals surface area (Å²) in [6, 6.07) is 0.962. The third-order valence-corrected chi connectivity index (χ3v) is 3.58. The van der Waals surface area contributed by atoms with Crippen molar-refractivity contribution in [1.82, 2.24) is 5.32 Å². The van der Waals surface area contributed by atoms with Crippen LogP contribution in [0, 0.1) is 5.41 Å². The van der Waals surface area contributed by atoms with E-state index in [9.17, 15) is 0 Å². The van der Waals surface area contributed by atoms with E-state index >= 15 is 0 Å². The van der Waals surface area contributed by atoms with Crippen molar-refractivity contribution in [1.29, 1.82) is 0 Å². The van der Waals surface area contributed by atoms with Crippen molar-refractivity contribution in [3.05, 3.63) is 0 Å². The highest BCUT2D eigenvalue weighted by Gasteiger charge is 2.23. The van der Waals surface area contributed by atoms with Gasteiger partial charge in [0.15, 0.2) is 5.17 Å². The summed E-state index contributed by atoms with van der Waals surface area (Å²) in [5.41, 5.74) is 0.301. The number of hydrogen-bond donors (Lipinski definition) is 1. The number of nitrogens with zero attached hydrogens (tertiary/aromatic N) is 1. The zero-order chi connectivity index (χ0) is 10.1. The van der Waals surface area contributed by atoms with E-state index in [1.165, 1.54) is 0 Å². The summed E-state index contributed by atoms with van der Waals surface area (Å²) < 4.78 is 0. The van der Waals surface area contributed by atoms with Gasteiger partial charge in [-0.15, -0.1) is 0 Å². The van der Waals surface area contributed by atoms with Gasteiger partial charge in [-0.3, -0.25) is 4.99 Å². The fourth-order valence-corrected chi connectivity index (χ4v) is 1.94. The number of thioether (sulfide) groups is 1. The Morgan fingerprint density at radius 3 is 2.54 bits per heavy atom. The van der Waals surface area contributed by atoms with Crippen LogP contribution in [0.2, 0.25) is 0 Å². The first-order valence-electron chi connectivity index (χ1n) is 4.86. The van der Waals surface area contributed by atoms with E-state index in [4.69, 9.17) is 0 Å². The normalized spacial score (nSPS) is 25.6. The van der Waals surface area contributed by atoms with Crippen LogP contribution in [0.25, 0.3) is 0 Å². The summed E-state index contributed by atoms with van der Waals surface area (Å²) in [4.78, 5) is 4.51. The monoisotopic (exact) mass is 200 g/mol. The van der Waals surface area contributed by atoms with E-state index < -0.39 is 0 Å². The van der Waals surface area contributed by atoms with Gasteiger partial charge in [0.1, 0.15) is 0 Å². The van der Waals surface area contributed by atoms with Crippen LogP contribution >= 0.6 is 11.8 Å². The molecular formula is C10H20N2S. The summed E-state index contributed by atoms with van der Waals surface area (Å²) in [6.45, 7) is 11.1. The van der Waals surface area contributed by atoms with Crippen LogP contribution in [0.5, 0.6) is 0 Å². The zero-order valence-electron chi connectivity index (χ0n) is 9.22. The third kappa shape index (κ3) is 3.22. The van der Waals surface area contributed by atoms with Gasteiger partial charge in [-0.2, -0.15) is 0 Å². The topological polar surface area (TPSA) is 24.4 Å². The molecule has 0 aromatic carbocycles. The Morgan fingerprint density at radius 1 is 1.54 bits per heavy atom. The lowest BCUT2D eigenvalue weighted by Crippen LogP contribution is -2.39. The number of nitrogens with one attached hydrogen (secondary N) is 1. The number of amidine groups is 1. The molecule has 1 rings (SSSR count). The molecule has 3 heteroatoms. The van der Waals surface area contributed by atoms with Crippen molar-refractivity contribution >= 4 is 16.9 Å². The van der Waals surface area contributed by atoms with Crippen LogP contribution in [-0.2, 0) is 0 Å². The molecule has 0 radical (unpaired) electrons. The summed E-state index contributed by atoms with van der Waals surface area (Å²) in [5.74, 6) is 1.12. The lowest BCUT2D eigenvalue weighted by molar-refractivity contribution is 0.317. The fraction of sp³-hybridized carbons (Fsp3) is 0.900. The van der Waals surface area contributed by atoms with Crippen LogP contribution in [-0.4, -0.2) is 23.0 Å². The predicted molar refractivity (Wildman–Crippen MR) is 61.4 cm³/mol. The second kappa shape index (κ2) is 3.91. The summed E-state index contributed by atoms with van der Waals surface area (Å²) >= 11 is 1.83. The van der Waals surface area contributed by atoms with E-state index in [1.807, 2.05) is 11.8 Å². The van der Waals surface area contributed by atoms with E-state index in [-0.39, 0.29) is 0 Å². The summed E-state index contributed by atoms with van der Waals surface area (Å²) in [6.07, 6.45) is 0. The van der Waals surface area contributed by atoms with Gasteiger partial charge in [-0.05, 0) is 19.3 Å². The number of hydrogen-bond acceptors (Lipinski definition) is 3. The first-order chi connectivity index (χ1) is 5.89. The van der Waals surface area contributed by atoms with Crippen LogP contribution in [0.3, 0.4) is 0 Å². The second-order valence-electron chi connectivity index (χ2n) is 4.83. The average Bonchev–Trinajstić information content (AvgIpc) is 2.33. The van der Waals surface area contributed by atoms with Crippen molar-refractivity contribution in [2.45, 2.75) is 46.7 Å². The van der Waals surface area contributed by atoms with E-state index in [1.54, 1.807) is 0 Å². The van der Waals surface area contributed by atoms with Gasteiger partial charge in [-0.25, -0.2) is 0 Å². The molecule has 2 nitrogen and oxygen atoms in total. The molecular weight excluding hydrogens is 180 g/mol. The quantitative estimate of drug-likeness (QED) is 0.703. The highest BCUT2D eigenvalue weighted by molar-refractivity contribution is 8.14. The summed E-state index contributed by atoms with van der Waals surface area (Å²) in [5, 5.41) is 4.58. The lowest BCUT2D eigenvalue weighted by Gasteiger charge is -2.28. The summed E-state index contributed by atoms with van der Waals surface area (Å²) in [7, 11) is 0. The minimum absolute atomic E-state index is 0.301. The maximum absolute atomic E-state index is 4.51. The Morgan fingerprint density at radius 2 is 2.15 bits per heavy atom. The molecule has 0 aromatic rings. The molecule has 0 bridgehead atoms. The minimum atomic E-state index is 0.301. The molecule has 2 atom stereocenters. The third-order valence-electron chi connectivity index (χ3n) is 2.44. The standard InChI is InChI=1S/C10H20N2S/c1-7-6-13-9(11-7)12-8(2)10(3,4)5/h7-8H,6H2,1-5H3,(H,11,12).